The Balaban J connectivity index is 2.66. The Bertz CT molecular complexity index is 1120. The van der Waals surface area contributed by atoms with Crippen LogP contribution in [0.3, 0.4) is 0 Å². The molecule has 4 unspecified atom stereocenters. The maximum Gasteiger partial charge on any atom is 0.410 e. The molecule has 228 valence electrons. The minimum Gasteiger partial charge on any atom is -0.444 e. The molecule has 0 radical (unpaired) electrons. The van der Waals surface area contributed by atoms with E-state index in [9.17, 15) is 9.59 Å². The molecule has 0 saturated carbocycles. The second-order valence-corrected chi connectivity index (χ2v) is 13.2. The monoisotopic (exact) mass is 564 g/mol. The van der Waals surface area contributed by atoms with E-state index in [0.29, 0.717) is 18.9 Å². The van der Waals surface area contributed by atoms with Crippen molar-refractivity contribution in [3.63, 3.8) is 0 Å². The largest absolute Gasteiger partial charge is 0.444 e. The zero-order valence-electron chi connectivity index (χ0n) is 27.7. The van der Waals surface area contributed by atoms with Gasteiger partial charge in [0.05, 0.1) is 6.04 Å². The average Bonchev–Trinajstić information content (AvgIpc) is 2.91. The highest BCUT2D eigenvalue weighted by Gasteiger charge is 2.38. The molecule has 0 fully saturated rings. The molecule has 1 aromatic carbocycles. The quantitative estimate of drug-likeness (QED) is 0.257. The second kappa shape index (κ2) is 14.9. The third kappa shape index (κ3) is 9.08. The molecular formula is C36H56N2O3. The number of amides is 1. The first-order valence-electron chi connectivity index (χ1n) is 15.6. The predicted octanol–water partition coefficient (Wildman–Crippen LogP) is 9.68. The molecule has 1 aliphatic heterocycles. The summed E-state index contributed by atoms with van der Waals surface area (Å²) in [6, 6.07) is 8.59. The molecule has 41 heavy (non-hydrogen) atoms. The minimum absolute atomic E-state index is 0.0873. The highest BCUT2D eigenvalue weighted by Crippen LogP contribution is 2.40. The summed E-state index contributed by atoms with van der Waals surface area (Å²) in [4.78, 5) is 27.9. The third-order valence-corrected chi connectivity index (χ3v) is 8.53. The summed E-state index contributed by atoms with van der Waals surface area (Å²) in [5.41, 5.74) is 6.81. The second-order valence-electron chi connectivity index (χ2n) is 13.2. The van der Waals surface area contributed by atoms with E-state index in [4.69, 9.17) is 4.74 Å². The van der Waals surface area contributed by atoms with Gasteiger partial charge in [0.15, 0.2) is 5.78 Å². The number of carbonyl (C=O) groups is 2. The van der Waals surface area contributed by atoms with Crippen molar-refractivity contribution < 1.29 is 14.3 Å². The molecule has 0 saturated heterocycles. The lowest BCUT2D eigenvalue weighted by Gasteiger charge is -2.42. The molecular weight excluding hydrogens is 508 g/mol. The van der Waals surface area contributed by atoms with Crippen molar-refractivity contribution in [2.75, 3.05) is 11.9 Å². The minimum atomic E-state index is -0.565. The molecule has 0 bridgehead atoms. The maximum atomic E-state index is 13.5. The Hall–Kier alpha value is -2.82. The van der Waals surface area contributed by atoms with Crippen molar-refractivity contribution in [1.82, 2.24) is 4.90 Å². The molecule has 2 rings (SSSR count). The Kier molecular flexibility index (Phi) is 12.5. The fourth-order valence-electron chi connectivity index (χ4n) is 5.89. The van der Waals surface area contributed by atoms with E-state index in [1.807, 2.05) is 32.6 Å². The number of anilines is 1. The summed E-state index contributed by atoms with van der Waals surface area (Å²) in [5, 5.41) is 3.79. The third-order valence-electron chi connectivity index (χ3n) is 8.53. The van der Waals surface area contributed by atoms with Gasteiger partial charge in [-0.2, -0.15) is 0 Å². The SMILES string of the molecule is C=CC(=O)C(C)C(C)CC(C)C(=C(C)CC)C1=C(Nc2ccc(C(C)C)cc2)CCN(C(=O)OC(C)(C)C)C1CC. The Labute approximate surface area is 250 Å². The fourth-order valence-corrected chi connectivity index (χ4v) is 5.89. The van der Waals surface area contributed by atoms with Gasteiger partial charge in [-0.15, -0.1) is 0 Å². The Morgan fingerprint density at radius 2 is 1.71 bits per heavy atom. The summed E-state index contributed by atoms with van der Waals surface area (Å²) >= 11 is 0. The number of benzene rings is 1. The van der Waals surface area contributed by atoms with Crippen LogP contribution in [0.2, 0.25) is 0 Å². The molecule has 4 atom stereocenters. The molecule has 1 aliphatic rings. The van der Waals surface area contributed by atoms with Gasteiger partial charge in [-0.25, -0.2) is 4.79 Å². The maximum absolute atomic E-state index is 13.5. The molecule has 0 aliphatic carbocycles. The van der Waals surface area contributed by atoms with Gasteiger partial charge in [-0.05, 0) is 99.6 Å². The summed E-state index contributed by atoms with van der Waals surface area (Å²) < 4.78 is 5.89. The number of hydrogen-bond acceptors (Lipinski definition) is 4. The van der Waals surface area contributed by atoms with Crippen LogP contribution < -0.4 is 5.32 Å². The van der Waals surface area contributed by atoms with Crippen LogP contribution in [0.1, 0.15) is 113 Å². The van der Waals surface area contributed by atoms with Gasteiger partial charge in [-0.1, -0.05) is 72.8 Å². The summed E-state index contributed by atoms with van der Waals surface area (Å²) in [6.07, 6.45) is 4.46. The van der Waals surface area contributed by atoms with Crippen LogP contribution in [0, 0.1) is 17.8 Å². The van der Waals surface area contributed by atoms with Crippen LogP contribution >= 0.6 is 0 Å². The molecule has 0 spiro atoms. The summed E-state index contributed by atoms with van der Waals surface area (Å²) in [7, 11) is 0. The molecule has 1 heterocycles. The Morgan fingerprint density at radius 1 is 1.10 bits per heavy atom. The van der Waals surface area contributed by atoms with Crippen LogP contribution in [-0.2, 0) is 9.53 Å². The fraction of sp³-hybridized carbons (Fsp3) is 0.611. The number of nitrogens with one attached hydrogen (secondary N) is 1. The van der Waals surface area contributed by atoms with E-state index in [1.54, 1.807) is 0 Å². The van der Waals surface area contributed by atoms with Gasteiger partial charge in [0.25, 0.3) is 0 Å². The van der Waals surface area contributed by atoms with E-state index < -0.39 is 5.60 Å². The standard InChI is InChI=1S/C36H56N2O3/c1-13-24(6)33(26(8)22-25(7)27(9)32(39)15-3)34-30(37-29-18-16-28(17-19-29)23(4)5)20-21-38(31(34)14-2)35(40)41-36(10,11)12/h15-19,23,25-27,31,37H,3,13-14,20-22H2,1-2,4-12H3. The van der Waals surface area contributed by atoms with Crippen molar-refractivity contribution in [3.8, 4) is 0 Å². The first-order valence-corrected chi connectivity index (χ1v) is 15.6. The van der Waals surface area contributed by atoms with E-state index >= 15 is 0 Å². The van der Waals surface area contributed by atoms with Crippen LogP contribution in [0.5, 0.6) is 0 Å². The number of ether oxygens (including phenoxy) is 1. The lowest BCUT2D eigenvalue weighted by atomic mass is 9.75. The smallest absolute Gasteiger partial charge is 0.410 e. The van der Waals surface area contributed by atoms with E-state index in [1.165, 1.54) is 34.1 Å². The normalized spacial score (nSPS) is 18.9. The highest BCUT2D eigenvalue weighted by atomic mass is 16.6. The van der Waals surface area contributed by atoms with Crippen LogP contribution in [0.25, 0.3) is 0 Å². The van der Waals surface area contributed by atoms with Crippen LogP contribution in [0.15, 0.2) is 59.3 Å². The number of hydrogen-bond donors (Lipinski definition) is 1. The molecule has 1 aromatic rings. The highest BCUT2D eigenvalue weighted by molar-refractivity contribution is 5.91. The molecule has 0 aromatic heterocycles. The van der Waals surface area contributed by atoms with Crippen LogP contribution in [-0.4, -0.2) is 35.0 Å². The van der Waals surface area contributed by atoms with Crippen LogP contribution in [0.4, 0.5) is 10.5 Å². The summed E-state index contributed by atoms with van der Waals surface area (Å²) in [6.45, 7) is 27.5. The zero-order valence-corrected chi connectivity index (χ0v) is 27.7. The molecule has 1 amide bonds. The van der Waals surface area contributed by atoms with Crippen molar-refractivity contribution >= 4 is 17.6 Å². The lowest BCUT2D eigenvalue weighted by Crippen LogP contribution is -2.48. The number of rotatable bonds is 12. The van der Waals surface area contributed by atoms with Crippen molar-refractivity contribution in [2.24, 2.45) is 17.8 Å². The number of nitrogens with zero attached hydrogens (tertiary/aromatic N) is 1. The van der Waals surface area contributed by atoms with E-state index in [2.05, 4.69) is 84.6 Å². The van der Waals surface area contributed by atoms with Crippen molar-refractivity contribution in [2.45, 2.75) is 119 Å². The lowest BCUT2D eigenvalue weighted by molar-refractivity contribution is -0.119. The Morgan fingerprint density at radius 3 is 2.20 bits per heavy atom. The van der Waals surface area contributed by atoms with E-state index in [0.717, 1.165) is 24.9 Å². The number of ketones is 1. The first-order chi connectivity index (χ1) is 19.1. The van der Waals surface area contributed by atoms with Gasteiger partial charge in [0, 0.05) is 30.3 Å². The van der Waals surface area contributed by atoms with Gasteiger partial charge in [0.2, 0.25) is 0 Å². The number of allylic oxidation sites excluding steroid dienone is 2. The molecule has 5 heteroatoms. The predicted molar refractivity (Wildman–Crippen MR) is 173 cm³/mol. The van der Waals surface area contributed by atoms with Gasteiger partial charge >= 0.3 is 6.09 Å². The van der Waals surface area contributed by atoms with Gasteiger partial charge in [0.1, 0.15) is 5.60 Å². The topological polar surface area (TPSA) is 58.6 Å². The number of carbonyl (C=O) groups excluding carboxylic acids is 2. The molecule has 1 N–H and O–H groups in total. The molecule has 5 nitrogen and oxygen atoms in total. The van der Waals surface area contributed by atoms with Crippen molar-refractivity contribution in [1.29, 1.82) is 0 Å². The van der Waals surface area contributed by atoms with Crippen molar-refractivity contribution in [3.05, 3.63) is 64.9 Å². The first kappa shape index (κ1) is 34.4. The summed E-state index contributed by atoms with van der Waals surface area (Å²) in [5.74, 6) is 0.874. The van der Waals surface area contributed by atoms with Gasteiger partial charge in [-0.3, -0.25) is 4.79 Å². The van der Waals surface area contributed by atoms with E-state index in [-0.39, 0.29) is 35.7 Å². The average molecular weight is 565 g/mol. The van der Waals surface area contributed by atoms with Gasteiger partial charge < -0.3 is 15.0 Å². The zero-order chi connectivity index (χ0) is 31.1.